The summed E-state index contributed by atoms with van der Waals surface area (Å²) in [6.07, 6.45) is 0. The molecule has 0 N–H and O–H groups in total. The molecule has 3 rings (SSSR count). The van der Waals surface area contributed by atoms with Crippen LogP contribution in [0.5, 0.6) is 0 Å². The van der Waals surface area contributed by atoms with E-state index in [2.05, 4.69) is 48.4 Å². The number of anilines is 2. The van der Waals surface area contributed by atoms with Gasteiger partial charge in [0.15, 0.2) is 5.13 Å². The second-order valence-corrected chi connectivity index (χ2v) is 9.33. The van der Waals surface area contributed by atoms with E-state index in [1.807, 2.05) is 23.9 Å². The minimum atomic E-state index is -0.0468. The van der Waals surface area contributed by atoms with Crippen molar-refractivity contribution in [2.75, 3.05) is 4.90 Å². The summed E-state index contributed by atoms with van der Waals surface area (Å²) in [6.45, 7) is 12.8. The zero-order valence-corrected chi connectivity index (χ0v) is 19.3. The number of carbonyl (C=O) groups is 1. The molecule has 1 aromatic carbocycles. The maximum Gasteiger partial charge on any atom is 0.230 e. The minimum absolute atomic E-state index is 0.0468. The fourth-order valence-electron chi connectivity index (χ4n) is 3.28. The molecule has 0 saturated heterocycles. The second kappa shape index (κ2) is 9.04. The number of amides is 1. The number of benzene rings is 1. The highest BCUT2D eigenvalue weighted by Crippen LogP contribution is 2.35. The Morgan fingerprint density at radius 2 is 1.93 bits per heavy atom. The van der Waals surface area contributed by atoms with Gasteiger partial charge in [-0.25, -0.2) is 9.67 Å². The number of hydrogen-bond acceptors (Lipinski definition) is 7. The molecule has 154 valence electrons. The standard InChI is InChI=1S/C20H26N6OS2/c1-12(2)9-25-20(22-23-24-25)29-11-17-10-28-19(21-17)26(16(6)27)18-14(4)7-13(3)8-15(18)5/h7-8,10,12H,9,11H2,1-6H3. The first-order valence-electron chi connectivity index (χ1n) is 9.48. The first-order chi connectivity index (χ1) is 13.8. The maximum absolute atomic E-state index is 12.5. The Hall–Kier alpha value is -2.26. The molecule has 0 aliphatic heterocycles. The van der Waals surface area contributed by atoms with Gasteiger partial charge >= 0.3 is 0 Å². The monoisotopic (exact) mass is 430 g/mol. The van der Waals surface area contributed by atoms with Gasteiger partial charge < -0.3 is 0 Å². The van der Waals surface area contributed by atoms with Gasteiger partial charge in [-0.1, -0.05) is 43.3 Å². The fraction of sp³-hybridized carbons (Fsp3) is 0.450. The molecule has 0 unspecified atom stereocenters. The summed E-state index contributed by atoms with van der Waals surface area (Å²) in [7, 11) is 0. The van der Waals surface area contributed by atoms with Gasteiger partial charge in [0.25, 0.3) is 0 Å². The number of nitrogens with zero attached hydrogens (tertiary/aromatic N) is 6. The maximum atomic E-state index is 12.5. The zero-order valence-electron chi connectivity index (χ0n) is 17.6. The highest BCUT2D eigenvalue weighted by atomic mass is 32.2. The lowest BCUT2D eigenvalue weighted by Gasteiger charge is -2.23. The van der Waals surface area contributed by atoms with Gasteiger partial charge in [-0.15, -0.1) is 16.4 Å². The molecule has 0 atom stereocenters. The summed E-state index contributed by atoms with van der Waals surface area (Å²) in [4.78, 5) is 18.9. The summed E-state index contributed by atoms with van der Waals surface area (Å²) in [6, 6.07) is 4.19. The van der Waals surface area contributed by atoms with Crippen LogP contribution in [-0.2, 0) is 17.1 Å². The SMILES string of the molecule is CC(=O)N(c1nc(CSc2nnnn2CC(C)C)cs1)c1c(C)cc(C)cc1C. The molecule has 0 aliphatic carbocycles. The van der Waals surface area contributed by atoms with Crippen molar-refractivity contribution in [3.63, 3.8) is 0 Å². The molecule has 2 heterocycles. The average Bonchev–Trinajstić information content (AvgIpc) is 3.24. The third-order valence-electron chi connectivity index (χ3n) is 4.29. The van der Waals surface area contributed by atoms with Crippen LogP contribution in [0.2, 0.25) is 0 Å². The largest absolute Gasteiger partial charge is 0.274 e. The fourth-order valence-corrected chi connectivity index (χ4v) is 5.03. The lowest BCUT2D eigenvalue weighted by atomic mass is 10.0. The van der Waals surface area contributed by atoms with Gasteiger partial charge in [-0.05, 0) is 48.2 Å². The van der Waals surface area contributed by atoms with E-state index in [9.17, 15) is 4.79 Å². The molecule has 0 spiro atoms. The molecule has 0 radical (unpaired) electrons. The topological polar surface area (TPSA) is 76.8 Å². The van der Waals surface area contributed by atoms with Crippen molar-refractivity contribution in [3.8, 4) is 0 Å². The second-order valence-electron chi connectivity index (χ2n) is 7.55. The molecule has 2 aromatic heterocycles. The molecular formula is C20H26N6OS2. The molecule has 0 bridgehead atoms. The Bertz CT molecular complexity index is 987. The van der Waals surface area contributed by atoms with Gasteiger partial charge in [0.1, 0.15) is 0 Å². The van der Waals surface area contributed by atoms with E-state index in [4.69, 9.17) is 4.98 Å². The van der Waals surface area contributed by atoms with Crippen LogP contribution in [0.3, 0.4) is 0 Å². The van der Waals surface area contributed by atoms with Crippen LogP contribution in [0.4, 0.5) is 10.8 Å². The van der Waals surface area contributed by atoms with Crippen molar-refractivity contribution in [1.82, 2.24) is 25.2 Å². The number of aromatic nitrogens is 5. The Balaban J connectivity index is 1.81. The number of thioether (sulfide) groups is 1. The third kappa shape index (κ3) is 5.02. The Kier molecular flexibility index (Phi) is 6.69. The van der Waals surface area contributed by atoms with Gasteiger partial charge in [-0.2, -0.15) is 0 Å². The summed E-state index contributed by atoms with van der Waals surface area (Å²) in [5.41, 5.74) is 5.14. The number of carbonyl (C=O) groups excluding carboxylic acids is 1. The van der Waals surface area contributed by atoms with Crippen LogP contribution in [-0.4, -0.2) is 31.1 Å². The highest BCUT2D eigenvalue weighted by molar-refractivity contribution is 7.98. The van der Waals surface area contributed by atoms with Crippen LogP contribution < -0.4 is 4.90 Å². The third-order valence-corrected chi connectivity index (χ3v) is 6.16. The van der Waals surface area contributed by atoms with Gasteiger partial charge in [0, 0.05) is 24.6 Å². The molecule has 9 heteroatoms. The van der Waals surface area contributed by atoms with E-state index < -0.39 is 0 Å². The summed E-state index contributed by atoms with van der Waals surface area (Å²) < 4.78 is 1.82. The van der Waals surface area contributed by atoms with Gasteiger partial charge in [0.2, 0.25) is 11.1 Å². The molecule has 3 aromatic rings. The lowest BCUT2D eigenvalue weighted by Crippen LogP contribution is -2.24. The predicted molar refractivity (Wildman–Crippen MR) is 118 cm³/mol. The first-order valence-corrected chi connectivity index (χ1v) is 11.3. The van der Waals surface area contributed by atoms with Crippen LogP contribution in [0.1, 0.15) is 43.2 Å². The van der Waals surface area contributed by atoms with E-state index >= 15 is 0 Å². The Morgan fingerprint density at radius 3 is 2.55 bits per heavy atom. The molecule has 29 heavy (non-hydrogen) atoms. The molecular weight excluding hydrogens is 404 g/mol. The lowest BCUT2D eigenvalue weighted by molar-refractivity contribution is -0.115. The van der Waals surface area contributed by atoms with Crippen LogP contribution in [0.25, 0.3) is 0 Å². The summed E-state index contributed by atoms with van der Waals surface area (Å²) in [5, 5.41) is 15.4. The predicted octanol–water partition coefficient (Wildman–Crippen LogP) is 4.69. The van der Waals surface area contributed by atoms with Crippen LogP contribution >= 0.6 is 23.1 Å². The van der Waals surface area contributed by atoms with Crippen LogP contribution in [0.15, 0.2) is 22.7 Å². The van der Waals surface area contributed by atoms with Crippen molar-refractivity contribution in [2.24, 2.45) is 5.92 Å². The zero-order chi connectivity index (χ0) is 21.1. The van der Waals surface area contributed by atoms with Gasteiger partial charge in [-0.3, -0.25) is 9.69 Å². The summed E-state index contributed by atoms with van der Waals surface area (Å²) in [5.74, 6) is 1.07. The number of thiazole rings is 1. The smallest absolute Gasteiger partial charge is 0.230 e. The average molecular weight is 431 g/mol. The molecule has 0 aliphatic rings. The highest BCUT2D eigenvalue weighted by Gasteiger charge is 2.22. The molecule has 0 fully saturated rings. The Labute approximate surface area is 179 Å². The first kappa shape index (κ1) is 21.4. The number of hydrogen-bond donors (Lipinski definition) is 0. The van der Waals surface area contributed by atoms with E-state index in [1.165, 1.54) is 16.9 Å². The number of rotatable bonds is 7. The van der Waals surface area contributed by atoms with Crippen LogP contribution in [0, 0.1) is 26.7 Å². The van der Waals surface area contributed by atoms with E-state index in [-0.39, 0.29) is 5.91 Å². The molecule has 0 saturated carbocycles. The Morgan fingerprint density at radius 1 is 1.24 bits per heavy atom. The quantitative estimate of drug-likeness (QED) is 0.506. The van der Waals surface area contributed by atoms with Crippen molar-refractivity contribution in [2.45, 2.75) is 59.0 Å². The number of aryl methyl sites for hydroxylation is 3. The van der Waals surface area contributed by atoms with Crippen molar-refractivity contribution < 1.29 is 4.79 Å². The van der Waals surface area contributed by atoms with Crippen molar-refractivity contribution in [1.29, 1.82) is 0 Å². The normalized spacial score (nSPS) is 11.3. The van der Waals surface area contributed by atoms with Crippen molar-refractivity contribution in [3.05, 3.63) is 39.9 Å². The summed E-state index contributed by atoms with van der Waals surface area (Å²) >= 11 is 3.03. The molecule has 1 amide bonds. The molecule has 7 nitrogen and oxygen atoms in total. The van der Waals surface area contributed by atoms with Gasteiger partial charge in [0.05, 0.1) is 11.4 Å². The van der Waals surface area contributed by atoms with Crippen molar-refractivity contribution >= 4 is 39.8 Å². The minimum Gasteiger partial charge on any atom is -0.274 e. The number of tetrazole rings is 1. The van der Waals surface area contributed by atoms with E-state index in [1.54, 1.807) is 23.6 Å². The van der Waals surface area contributed by atoms with E-state index in [0.717, 1.165) is 34.2 Å². The van der Waals surface area contributed by atoms with E-state index in [0.29, 0.717) is 16.8 Å².